The van der Waals surface area contributed by atoms with Gasteiger partial charge in [-0.2, -0.15) is 5.10 Å². The van der Waals surface area contributed by atoms with Crippen molar-refractivity contribution in [2.45, 2.75) is 106 Å². The second-order valence-electron chi connectivity index (χ2n) is 13.3. The number of allylic oxidation sites excluding steroid dienone is 4. The van der Waals surface area contributed by atoms with Gasteiger partial charge in [0.05, 0.1) is 0 Å². The molecule has 0 aromatic heterocycles. The molecule has 0 aliphatic heterocycles. The summed E-state index contributed by atoms with van der Waals surface area (Å²) in [6.07, 6.45) is 16.9. The number of hydrogen-bond donors (Lipinski definition) is 2. The first-order valence-corrected chi connectivity index (χ1v) is 14.4. The zero-order valence-corrected chi connectivity index (χ0v) is 23.7. The van der Waals surface area contributed by atoms with Gasteiger partial charge in [-0.3, -0.25) is 5.43 Å². The van der Waals surface area contributed by atoms with Crippen molar-refractivity contribution in [3.05, 3.63) is 23.3 Å². The van der Waals surface area contributed by atoms with Crippen LogP contribution >= 0.6 is 12.2 Å². The van der Waals surface area contributed by atoms with E-state index in [0.29, 0.717) is 22.7 Å². The Kier molecular flexibility index (Phi) is 7.15. The van der Waals surface area contributed by atoms with Gasteiger partial charge in [-0.1, -0.05) is 79.9 Å². The zero-order valence-electron chi connectivity index (χ0n) is 22.8. The molecule has 0 amide bonds. The number of hydrogen-bond acceptors (Lipinski definition) is 2. The molecule has 0 heterocycles. The van der Waals surface area contributed by atoms with Crippen molar-refractivity contribution in [2.24, 2.45) is 56.7 Å². The van der Waals surface area contributed by atoms with Crippen LogP contribution in [0.4, 0.5) is 0 Å². The summed E-state index contributed by atoms with van der Waals surface area (Å²) in [4.78, 5) is 0. The molecule has 3 nitrogen and oxygen atoms in total. The Morgan fingerprint density at radius 2 is 1.88 bits per heavy atom. The van der Waals surface area contributed by atoms with Crippen LogP contribution < -0.4 is 11.2 Å². The number of rotatable bonds is 6. The van der Waals surface area contributed by atoms with Crippen molar-refractivity contribution in [3.8, 4) is 0 Å². The molecule has 4 rings (SSSR count). The quantitative estimate of drug-likeness (QED) is 0.299. The maximum absolute atomic E-state index is 5.64. The third-order valence-corrected chi connectivity index (χ3v) is 11.2. The van der Waals surface area contributed by atoms with Gasteiger partial charge in [0.1, 0.15) is 0 Å². The van der Waals surface area contributed by atoms with Crippen LogP contribution in [0.1, 0.15) is 106 Å². The van der Waals surface area contributed by atoms with Gasteiger partial charge in [-0.15, -0.1) is 0 Å². The van der Waals surface area contributed by atoms with Gasteiger partial charge in [-0.25, -0.2) is 0 Å². The van der Waals surface area contributed by atoms with Crippen molar-refractivity contribution in [3.63, 3.8) is 0 Å². The molecule has 4 aliphatic carbocycles. The molecule has 0 aromatic rings. The largest absolute Gasteiger partial charge is 0.375 e. The number of nitrogens with two attached hydrogens (primary N) is 1. The second kappa shape index (κ2) is 9.37. The van der Waals surface area contributed by atoms with E-state index in [1.807, 2.05) is 0 Å². The fourth-order valence-corrected chi connectivity index (χ4v) is 8.79. The lowest BCUT2D eigenvalue weighted by molar-refractivity contribution is 0.0503. The summed E-state index contributed by atoms with van der Waals surface area (Å²) in [5.41, 5.74) is 14.1. The maximum Gasteiger partial charge on any atom is 0.184 e. The van der Waals surface area contributed by atoms with Gasteiger partial charge in [-0.05, 0) is 102 Å². The predicted octanol–water partition coefficient (Wildman–Crippen LogP) is 7.77. The molecule has 7 atom stereocenters. The van der Waals surface area contributed by atoms with E-state index in [0.717, 1.165) is 30.6 Å². The molecule has 190 valence electrons. The van der Waals surface area contributed by atoms with Gasteiger partial charge < -0.3 is 5.73 Å². The van der Waals surface area contributed by atoms with Gasteiger partial charge in [0.2, 0.25) is 0 Å². The molecule has 2 fully saturated rings. The van der Waals surface area contributed by atoms with Gasteiger partial charge in [0.15, 0.2) is 5.11 Å². The summed E-state index contributed by atoms with van der Waals surface area (Å²) < 4.78 is 0. The smallest absolute Gasteiger partial charge is 0.184 e. The molecule has 4 aliphatic rings. The van der Waals surface area contributed by atoms with E-state index in [2.05, 4.69) is 71.1 Å². The lowest BCUT2D eigenvalue weighted by Gasteiger charge is -2.58. The normalized spacial score (nSPS) is 41.3. The van der Waals surface area contributed by atoms with Crippen LogP contribution in [0.5, 0.6) is 0 Å². The van der Waals surface area contributed by atoms with Crippen LogP contribution in [0.2, 0.25) is 0 Å². The highest BCUT2D eigenvalue weighted by atomic mass is 32.1. The van der Waals surface area contributed by atoms with E-state index in [4.69, 9.17) is 18.0 Å². The fraction of sp³-hybridized carbons (Fsp3) is 0.800. The third kappa shape index (κ3) is 4.10. The SMILES string of the molecule is CC(C)CCC[C@@H](C)[C@H]1CC[C@@]2(C)C3=CC[C@H]4[C@H](C)/C(=N\NC(N)=S)CC[C@]4(C)C3=CC[C@]12C. The third-order valence-electron chi connectivity index (χ3n) is 11.1. The molecular formula is C30H49N3S. The Hall–Kier alpha value is -1.16. The average molecular weight is 484 g/mol. The van der Waals surface area contributed by atoms with Crippen LogP contribution in [0, 0.1) is 45.8 Å². The molecule has 0 unspecified atom stereocenters. The summed E-state index contributed by atoms with van der Waals surface area (Å²) in [6.45, 7) is 17.5. The van der Waals surface area contributed by atoms with E-state index >= 15 is 0 Å². The molecule has 34 heavy (non-hydrogen) atoms. The Morgan fingerprint density at radius 3 is 2.56 bits per heavy atom. The van der Waals surface area contributed by atoms with Crippen molar-refractivity contribution in [1.29, 1.82) is 0 Å². The molecule has 4 heteroatoms. The summed E-state index contributed by atoms with van der Waals surface area (Å²) in [5, 5.41) is 4.85. The molecule has 2 saturated carbocycles. The predicted molar refractivity (Wildman–Crippen MR) is 150 cm³/mol. The number of nitrogens with one attached hydrogen (secondary N) is 1. The standard InChI is InChI=1S/C30H49N3S/c1-19(2)9-8-10-20(3)22-13-17-30(7)25-12-11-23-21(4)26(32-33-27(31)34)15-16-28(23,5)24(25)14-18-29(22,30)6/h12,14,19-23H,8-11,13,15-18H2,1-7H3,(H3,31,33,34)/b32-26-/t20-,21+,22-,23+,28+,29-,30+/m1/s1. The van der Waals surface area contributed by atoms with Crippen LogP contribution in [0.25, 0.3) is 0 Å². The van der Waals surface area contributed by atoms with E-state index in [1.54, 1.807) is 11.1 Å². The number of thiocarbonyl (C=S) groups is 1. The minimum absolute atomic E-state index is 0.247. The highest BCUT2D eigenvalue weighted by Gasteiger charge is 2.61. The van der Waals surface area contributed by atoms with Crippen molar-refractivity contribution >= 4 is 23.0 Å². The highest BCUT2D eigenvalue weighted by Crippen LogP contribution is 2.70. The fourth-order valence-electron chi connectivity index (χ4n) is 8.75. The maximum atomic E-state index is 5.64. The Balaban J connectivity index is 1.59. The van der Waals surface area contributed by atoms with Crippen molar-refractivity contribution in [1.82, 2.24) is 5.43 Å². The van der Waals surface area contributed by atoms with Crippen LogP contribution in [0.3, 0.4) is 0 Å². The second-order valence-corrected chi connectivity index (χ2v) is 13.7. The highest BCUT2D eigenvalue weighted by molar-refractivity contribution is 7.80. The first kappa shape index (κ1) is 25.9. The lowest BCUT2D eigenvalue weighted by Crippen LogP contribution is -2.50. The summed E-state index contributed by atoms with van der Waals surface area (Å²) in [5.74, 6) is 3.52. The van der Waals surface area contributed by atoms with Crippen LogP contribution in [-0.2, 0) is 0 Å². The topological polar surface area (TPSA) is 50.4 Å². The van der Waals surface area contributed by atoms with E-state index in [1.165, 1.54) is 50.7 Å². The summed E-state index contributed by atoms with van der Waals surface area (Å²) >= 11 is 4.99. The number of hydrazone groups is 1. The Bertz CT molecular complexity index is 901. The van der Waals surface area contributed by atoms with Crippen LogP contribution in [0.15, 0.2) is 28.4 Å². The molecule has 0 radical (unpaired) electrons. The van der Waals surface area contributed by atoms with Gasteiger partial charge in [0, 0.05) is 11.6 Å². The van der Waals surface area contributed by atoms with Crippen LogP contribution in [-0.4, -0.2) is 10.8 Å². The average Bonchev–Trinajstić information content (AvgIpc) is 3.04. The van der Waals surface area contributed by atoms with Gasteiger partial charge >= 0.3 is 0 Å². The first-order valence-electron chi connectivity index (χ1n) is 14.0. The Morgan fingerprint density at radius 1 is 1.15 bits per heavy atom. The zero-order chi connectivity index (χ0) is 24.9. The molecule has 0 bridgehead atoms. The number of fused-ring (bicyclic) bond motifs is 5. The Labute approximate surface area is 214 Å². The summed E-state index contributed by atoms with van der Waals surface area (Å²) in [6, 6.07) is 0. The summed E-state index contributed by atoms with van der Waals surface area (Å²) in [7, 11) is 0. The molecule has 0 saturated heterocycles. The minimum atomic E-state index is 0.247. The monoisotopic (exact) mass is 483 g/mol. The molecule has 3 N–H and O–H groups in total. The van der Waals surface area contributed by atoms with E-state index in [9.17, 15) is 0 Å². The molecule has 0 aromatic carbocycles. The molecular weight excluding hydrogens is 434 g/mol. The minimum Gasteiger partial charge on any atom is -0.375 e. The lowest BCUT2D eigenvalue weighted by atomic mass is 9.46. The number of nitrogens with zero attached hydrogens (tertiary/aromatic N) is 1. The first-order chi connectivity index (χ1) is 15.9. The van der Waals surface area contributed by atoms with E-state index in [-0.39, 0.29) is 10.5 Å². The molecule has 0 spiro atoms. The van der Waals surface area contributed by atoms with Crippen molar-refractivity contribution in [2.75, 3.05) is 0 Å². The van der Waals surface area contributed by atoms with Crippen molar-refractivity contribution < 1.29 is 0 Å². The van der Waals surface area contributed by atoms with Gasteiger partial charge in [0.25, 0.3) is 0 Å². The van der Waals surface area contributed by atoms with E-state index < -0.39 is 0 Å².